The number of ether oxygens (including phenoxy) is 1. The Morgan fingerprint density at radius 1 is 1.05 bits per heavy atom. The van der Waals surface area contributed by atoms with Gasteiger partial charge in [-0.25, -0.2) is 0 Å². The average molecular weight is 288 g/mol. The van der Waals surface area contributed by atoms with Crippen LogP contribution in [0.3, 0.4) is 0 Å². The fourth-order valence-corrected chi connectivity index (χ4v) is 7.01. The molecule has 118 valence electrons. The van der Waals surface area contributed by atoms with Crippen LogP contribution in [0.5, 0.6) is 0 Å². The van der Waals surface area contributed by atoms with Crippen LogP contribution in [0.15, 0.2) is 11.8 Å². The first-order chi connectivity index (χ1) is 10.1. The Hall–Kier alpha value is -0.460. The van der Waals surface area contributed by atoms with Gasteiger partial charge in [-0.1, -0.05) is 20.3 Å². The van der Waals surface area contributed by atoms with E-state index in [1.54, 1.807) is 0 Å². The van der Waals surface area contributed by atoms with Crippen molar-refractivity contribution in [1.82, 2.24) is 0 Å². The molecule has 1 heteroatoms. The molecule has 4 rings (SSSR count). The van der Waals surface area contributed by atoms with Crippen LogP contribution in [-0.4, -0.2) is 7.11 Å². The molecule has 0 bridgehead atoms. The lowest BCUT2D eigenvalue weighted by molar-refractivity contribution is -0.0916. The fraction of sp³-hybridized carbons (Fsp3) is 0.900. The lowest BCUT2D eigenvalue weighted by atomic mass is 9.46. The zero-order valence-corrected chi connectivity index (χ0v) is 14.2. The molecule has 0 spiro atoms. The van der Waals surface area contributed by atoms with Gasteiger partial charge in [-0.15, -0.1) is 0 Å². The summed E-state index contributed by atoms with van der Waals surface area (Å²) in [6, 6.07) is 0. The summed E-state index contributed by atoms with van der Waals surface area (Å²) in [4.78, 5) is 0. The van der Waals surface area contributed by atoms with Crippen LogP contribution in [0, 0.1) is 34.5 Å². The highest BCUT2D eigenvalue weighted by Crippen LogP contribution is 2.65. The molecule has 0 radical (unpaired) electrons. The molecule has 3 fully saturated rings. The Bertz CT molecular complexity index is 453. The van der Waals surface area contributed by atoms with Crippen LogP contribution < -0.4 is 0 Å². The molecule has 1 nitrogen and oxygen atoms in total. The smallest absolute Gasteiger partial charge is 0.0918 e. The highest BCUT2D eigenvalue weighted by molar-refractivity contribution is 5.13. The van der Waals surface area contributed by atoms with E-state index in [0.29, 0.717) is 10.8 Å². The van der Waals surface area contributed by atoms with Gasteiger partial charge in [0.05, 0.1) is 12.9 Å². The van der Waals surface area contributed by atoms with Crippen LogP contribution in [0.25, 0.3) is 0 Å². The Balaban J connectivity index is 1.63. The van der Waals surface area contributed by atoms with Crippen molar-refractivity contribution in [3.63, 3.8) is 0 Å². The number of methoxy groups -OCH3 is 1. The number of hydrogen-bond donors (Lipinski definition) is 0. The Labute approximate surface area is 130 Å². The molecular weight excluding hydrogens is 256 g/mol. The first-order valence-electron chi connectivity index (χ1n) is 9.30. The summed E-state index contributed by atoms with van der Waals surface area (Å²) in [6.45, 7) is 5.23. The van der Waals surface area contributed by atoms with E-state index in [0.717, 1.165) is 23.7 Å². The van der Waals surface area contributed by atoms with Gasteiger partial charge in [0.15, 0.2) is 0 Å². The van der Waals surface area contributed by atoms with E-state index < -0.39 is 0 Å². The second kappa shape index (κ2) is 4.77. The number of allylic oxidation sites excluding steroid dienone is 2. The number of hydrogen-bond acceptors (Lipinski definition) is 1. The summed E-state index contributed by atoms with van der Waals surface area (Å²) in [6.07, 6.45) is 15.4. The third-order valence-corrected chi connectivity index (χ3v) is 8.33. The maximum Gasteiger partial charge on any atom is 0.0918 e. The van der Waals surface area contributed by atoms with E-state index in [4.69, 9.17) is 4.74 Å². The summed E-state index contributed by atoms with van der Waals surface area (Å²) in [5, 5.41) is 0. The average Bonchev–Trinajstić information content (AvgIpc) is 2.88. The van der Waals surface area contributed by atoms with Gasteiger partial charge in [-0.2, -0.15) is 0 Å². The third kappa shape index (κ3) is 1.95. The highest BCUT2D eigenvalue weighted by Gasteiger charge is 2.57. The van der Waals surface area contributed by atoms with Crippen molar-refractivity contribution in [2.75, 3.05) is 7.11 Å². The number of rotatable bonds is 1. The topological polar surface area (TPSA) is 9.23 Å². The van der Waals surface area contributed by atoms with Gasteiger partial charge in [0, 0.05) is 6.42 Å². The van der Waals surface area contributed by atoms with Gasteiger partial charge in [0.2, 0.25) is 0 Å². The maximum absolute atomic E-state index is 5.57. The molecule has 0 aliphatic heterocycles. The van der Waals surface area contributed by atoms with Gasteiger partial charge >= 0.3 is 0 Å². The quantitative estimate of drug-likeness (QED) is 0.614. The zero-order valence-electron chi connectivity index (χ0n) is 14.2. The summed E-state index contributed by atoms with van der Waals surface area (Å²) in [7, 11) is 1.85. The molecule has 4 aliphatic rings. The van der Waals surface area contributed by atoms with E-state index >= 15 is 0 Å². The van der Waals surface area contributed by atoms with Gasteiger partial charge in [-0.05, 0) is 85.5 Å². The van der Waals surface area contributed by atoms with Gasteiger partial charge in [0.1, 0.15) is 0 Å². The van der Waals surface area contributed by atoms with Crippen molar-refractivity contribution in [2.24, 2.45) is 34.5 Å². The lowest BCUT2D eigenvalue weighted by Gasteiger charge is -2.59. The summed E-state index contributed by atoms with van der Waals surface area (Å²) >= 11 is 0. The minimum atomic E-state index is 0.564. The predicted molar refractivity (Wildman–Crippen MR) is 86.8 cm³/mol. The SMILES string of the molecule is COC1=CC[C@@]2(C)[C@@H](CC[C@@H]3[C@H]4CCC[C@@]4(C)CC[C@H]32)C1. The molecule has 4 aliphatic carbocycles. The molecule has 0 saturated heterocycles. The molecular formula is C20H32O. The minimum absolute atomic E-state index is 0.564. The van der Waals surface area contributed by atoms with E-state index in [1.165, 1.54) is 63.5 Å². The first-order valence-corrected chi connectivity index (χ1v) is 9.30. The lowest BCUT2D eigenvalue weighted by Crippen LogP contribution is -2.51. The van der Waals surface area contributed by atoms with Crippen LogP contribution in [0.2, 0.25) is 0 Å². The Morgan fingerprint density at radius 3 is 2.71 bits per heavy atom. The van der Waals surface area contributed by atoms with Gasteiger partial charge in [-0.3, -0.25) is 0 Å². The second-order valence-electron chi connectivity index (χ2n) is 9.02. The van der Waals surface area contributed by atoms with Crippen molar-refractivity contribution in [3.05, 3.63) is 11.8 Å². The second-order valence-corrected chi connectivity index (χ2v) is 9.02. The van der Waals surface area contributed by atoms with Crippen LogP contribution in [0.1, 0.15) is 71.6 Å². The summed E-state index contributed by atoms with van der Waals surface area (Å²) in [5.74, 6) is 5.20. The van der Waals surface area contributed by atoms with Crippen LogP contribution >= 0.6 is 0 Å². The molecule has 0 N–H and O–H groups in total. The summed E-state index contributed by atoms with van der Waals surface area (Å²) in [5.41, 5.74) is 1.27. The highest BCUT2D eigenvalue weighted by atomic mass is 16.5. The molecule has 0 aromatic carbocycles. The molecule has 6 atom stereocenters. The first kappa shape index (κ1) is 14.2. The van der Waals surface area contributed by atoms with Crippen molar-refractivity contribution in [1.29, 1.82) is 0 Å². The Kier molecular flexibility index (Phi) is 3.21. The molecule has 21 heavy (non-hydrogen) atoms. The van der Waals surface area contributed by atoms with E-state index in [1.807, 2.05) is 7.11 Å². The van der Waals surface area contributed by atoms with Crippen LogP contribution in [0.4, 0.5) is 0 Å². The maximum atomic E-state index is 5.57. The molecule has 0 aromatic heterocycles. The van der Waals surface area contributed by atoms with Crippen LogP contribution in [-0.2, 0) is 4.74 Å². The monoisotopic (exact) mass is 288 g/mol. The Morgan fingerprint density at radius 2 is 1.90 bits per heavy atom. The van der Waals surface area contributed by atoms with E-state index in [2.05, 4.69) is 19.9 Å². The zero-order chi connectivity index (χ0) is 14.7. The van der Waals surface area contributed by atoms with E-state index in [9.17, 15) is 0 Å². The van der Waals surface area contributed by atoms with Crippen molar-refractivity contribution in [2.45, 2.75) is 71.6 Å². The van der Waals surface area contributed by atoms with Crippen molar-refractivity contribution in [3.8, 4) is 0 Å². The third-order valence-electron chi connectivity index (χ3n) is 8.33. The van der Waals surface area contributed by atoms with E-state index in [-0.39, 0.29) is 0 Å². The number of fused-ring (bicyclic) bond motifs is 5. The minimum Gasteiger partial charge on any atom is -0.501 e. The molecule has 0 amide bonds. The predicted octanol–water partition coefficient (Wildman–Crippen LogP) is 5.56. The standard InChI is InChI=1S/C20H32O/c1-19-10-4-5-17(19)16-7-6-14-13-15(21-3)8-12-20(14,2)18(16)9-11-19/h8,14,16-18H,4-7,9-13H2,1-3H3/t14-,16+,17+,18+,19-,20-/m0/s1. The molecule has 0 heterocycles. The molecule has 0 unspecified atom stereocenters. The molecule has 3 saturated carbocycles. The fourth-order valence-electron chi connectivity index (χ4n) is 7.01. The van der Waals surface area contributed by atoms with Gasteiger partial charge < -0.3 is 4.74 Å². The summed E-state index contributed by atoms with van der Waals surface area (Å²) < 4.78 is 5.57. The van der Waals surface area contributed by atoms with Crippen molar-refractivity contribution >= 4 is 0 Å². The molecule has 0 aromatic rings. The van der Waals surface area contributed by atoms with Crippen molar-refractivity contribution < 1.29 is 4.74 Å². The van der Waals surface area contributed by atoms with Gasteiger partial charge in [0.25, 0.3) is 0 Å². The largest absolute Gasteiger partial charge is 0.501 e. The normalized spacial score (nSPS) is 52.4.